The van der Waals surface area contributed by atoms with E-state index in [1.807, 2.05) is 60.7 Å². The van der Waals surface area contributed by atoms with Crippen LogP contribution in [0.3, 0.4) is 0 Å². The average Bonchev–Trinajstić information content (AvgIpc) is 2.86. The zero-order valence-corrected chi connectivity index (χ0v) is 20.0. The van der Waals surface area contributed by atoms with Crippen molar-refractivity contribution in [3.63, 3.8) is 0 Å². The Morgan fingerprint density at radius 3 is 1.97 bits per heavy atom. The third-order valence-electron chi connectivity index (χ3n) is 6.05. The monoisotopic (exact) mass is 483 g/mol. The summed E-state index contributed by atoms with van der Waals surface area (Å²) in [6, 6.07) is 25.6. The highest BCUT2D eigenvalue weighted by Gasteiger charge is 2.27. The third kappa shape index (κ3) is 7.13. The van der Waals surface area contributed by atoms with Crippen molar-refractivity contribution < 1.29 is 18.7 Å². The lowest BCUT2D eigenvalue weighted by molar-refractivity contribution is -0.150. The van der Waals surface area contributed by atoms with Crippen LogP contribution in [-0.4, -0.2) is 43.7 Å². The Morgan fingerprint density at radius 2 is 1.41 bits per heavy atom. The van der Waals surface area contributed by atoms with Gasteiger partial charge in [0.2, 0.25) is 0 Å². The summed E-state index contributed by atoms with van der Waals surface area (Å²) in [6.45, 7) is 4.27. The zero-order chi connectivity index (χ0) is 22.9. The fourth-order valence-electron chi connectivity index (χ4n) is 4.26. The van der Waals surface area contributed by atoms with Crippen molar-refractivity contribution in [1.82, 2.24) is 4.90 Å². The molecular weight excluding hydrogens is 453 g/mol. The van der Waals surface area contributed by atoms with Crippen LogP contribution in [0, 0.1) is 5.82 Å². The number of esters is 1. The lowest BCUT2D eigenvalue weighted by Gasteiger charge is -2.28. The first kappa shape index (κ1) is 25.9. The molecule has 34 heavy (non-hydrogen) atoms. The van der Waals surface area contributed by atoms with E-state index in [9.17, 15) is 9.18 Å². The van der Waals surface area contributed by atoms with Crippen LogP contribution in [0.2, 0.25) is 0 Å². The van der Waals surface area contributed by atoms with E-state index in [1.165, 1.54) is 12.1 Å². The molecule has 0 radical (unpaired) electrons. The summed E-state index contributed by atoms with van der Waals surface area (Å²) < 4.78 is 25.1. The lowest BCUT2D eigenvalue weighted by Crippen LogP contribution is -2.37. The average molecular weight is 484 g/mol. The van der Waals surface area contributed by atoms with Crippen LogP contribution in [0.4, 0.5) is 4.39 Å². The Labute approximate surface area is 207 Å². The van der Waals surface area contributed by atoms with Gasteiger partial charge in [0.05, 0.1) is 13.2 Å². The molecule has 0 spiro atoms. The van der Waals surface area contributed by atoms with Crippen molar-refractivity contribution in [2.45, 2.75) is 24.9 Å². The Morgan fingerprint density at radius 1 is 0.853 bits per heavy atom. The molecule has 180 valence electrons. The molecule has 4 rings (SSSR count). The number of morpholine rings is 1. The SMILES string of the molecule is Cl.O=C(OC(CCCN1CCOCC1)c1ccc(F)cc1)C(c1ccccc1)c1ccccc1. The molecule has 4 nitrogen and oxygen atoms in total. The Hall–Kier alpha value is -2.73. The van der Waals surface area contributed by atoms with Crippen LogP contribution >= 0.6 is 12.4 Å². The maximum Gasteiger partial charge on any atom is 0.318 e. The van der Waals surface area contributed by atoms with Gasteiger partial charge in [-0.25, -0.2) is 4.39 Å². The molecule has 0 bridgehead atoms. The van der Waals surface area contributed by atoms with E-state index in [0.717, 1.165) is 56.0 Å². The summed E-state index contributed by atoms with van der Waals surface area (Å²) in [6.07, 6.45) is 1.11. The maximum absolute atomic E-state index is 13.6. The second-order valence-electron chi connectivity index (χ2n) is 8.33. The van der Waals surface area contributed by atoms with Gasteiger partial charge in [-0.15, -0.1) is 12.4 Å². The highest BCUT2D eigenvalue weighted by Crippen LogP contribution is 2.31. The maximum atomic E-state index is 13.6. The van der Waals surface area contributed by atoms with E-state index in [0.29, 0.717) is 6.42 Å². The largest absolute Gasteiger partial charge is 0.457 e. The van der Waals surface area contributed by atoms with Gasteiger partial charge in [-0.2, -0.15) is 0 Å². The normalized spacial score (nSPS) is 14.9. The number of hydrogen-bond donors (Lipinski definition) is 0. The van der Waals surface area contributed by atoms with Crippen molar-refractivity contribution >= 4 is 18.4 Å². The molecule has 1 fully saturated rings. The number of benzene rings is 3. The third-order valence-corrected chi connectivity index (χ3v) is 6.05. The molecular formula is C28H31ClFNO3. The number of hydrogen-bond acceptors (Lipinski definition) is 4. The molecule has 1 aliphatic heterocycles. The number of carbonyl (C=O) groups excluding carboxylic acids is 1. The first-order chi connectivity index (χ1) is 16.2. The Bertz CT molecular complexity index is 956. The lowest BCUT2D eigenvalue weighted by atomic mass is 9.91. The van der Waals surface area contributed by atoms with Gasteiger partial charge in [-0.1, -0.05) is 72.8 Å². The van der Waals surface area contributed by atoms with Crippen molar-refractivity contribution in [2.24, 2.45) is 0 Å². The van der Waals surface area contributed by atoms with E-state index in [-0.39, 0.29) is 24.2 Å². The van der Waals surface area contributed by atoms with E-state index in [1.54, 1.807) is 12.1 Å². The van der Waals surface area contributed by atoms with Crippen LogP contribution in [0.1, 0.15) is 41.6 Å². The molecule has 1 unspecified atom stereocenters. The molecule has 0 N–H and O–H groups in total. The van der Waals surface area contributed by atoms with E-state index >= 15 is 0 Å². The minimum Gasteiger partial charge on any atom is -0.457 e. The van der Waals surface area contributed by atoms with E-state index in [4.69, 9.17) is 9.47 Å². The molecule has 1 aliphatic rings. The van der Waals surface area contributed by atoms with Crippen molar-refractivity contribution in [2.75, 3.05) is 32.8 Å². The van der Waals surface area contributed by atoms with Crippen molar-refractivity contribution in [3.05, 3.63) is 107 Å². The first-order valence-corrected chi connectivity index (χ1v) is 11.6. The van der Waals surface area contributed by atoms with Crippen LogP contribution < -0.4 is 0 Å². The number of halogens is 2. The summed E-state index contributed by atoms with van der Waals surface area (Å²) in [7, 11) is 0. The summed E-state index contributed by atoms with van der Waals surface area (Å²) >= 11 is 0. The smallest absolute Gasteiger partial charge is 0.318 e. The predicted octanol–water partition coefficient (Wildman–Crippen LogP) is 5.78. The summed E-state index contributed by atoms with van der Waals surface area (Å²) in [4.78, 5) is 15.9. The molecule has 3 aromatic carbocycles. The molecule has 6 heteroatoms. The van der Waals surface area contributed by atoms with Crippen LogP contribution in [0.25, 0.3) is 0 Å². The standard InChI is InChI=1S/C28H30FNO3.ClH/c29-25-15-13-22(14-16-25)26(12-7-17-30-18-20-32-21-19-30)33-28(31)27(23-8-3-1-4-9-23)24-10-5-2-6-11-24;/h1-6,8-11,13-16,26-27H,7,12,17-21H2;1H. The fourth-order valence-corrected chi connectivity index (χ4v) is 4.26. The zero-order valence-electron chi connectivity index (χ0n) is 19.1. The van der Waals surface area contributed by atoms with Gasteiger partial charge in [0.15, 0.2) is 0 Å². The molecule has 1 atom stereocenters. The van der Waals surface area contributed by atoms with E-state index < -0.39 is 12.0 Å². The fraction of sp³-hybridized carbons (Fsp3) is 0.321. The van der Waals surface area contributed by atoms with Gasteiger partial charge < -0.3 is 9.47 Å². The Balaban J connectivity index is 0.00000324. The van der Waals surface area contributed by atoms with Crippen LogP contribution in [0.15, 0.2) is 84.9 Å². The van der Waals surface area contributed by atoms with E-state index in [2.05, 4.69) is 4.90 Å². The van der Waals surface area contributed by atoms with Gasteiger partial charge in [0.1, 0.15) is 17.8 Å². The second kappa shape index (κ2) is 13.2. The number of carbonyl (C=O) groups is 1. The first-order valence-electron chi connectivity index (χ1n) is 11.6. The van der Waals surface area contributed by atoms with Crippen molar-refractivity contribution in [3.8, 4) is 0 Å². The van der Waals surface area contributed by atoms with Gasteiger partial charge in [0, 0.05) is 13.1 Å². The molecule has 1 saturated heterocycles. The van der Waals surface area contributed by atoms with Crippen molar-refractivity contribution in [1.29, 1.82) is 0 Å². The number of ether oxygens (including phenoxy) is 2. The Kier molecular flexibility index (Phi) is 10.1. The summed E-state index contributed by atoms with van der Waals surface area (Å²) in [5.74, 6) is -1.12. The van der Waals surface area contributed by atoms with Gasteiger partial charge in [-0.05, 0) is 48.2 Å². The minimum atomic E-state index is -0.519. The number of nitrogens with zero attached hydrogens (tertiary/aromatic N) is 1. The van der Waals surface area contributed by atoms with Gasteiger partial charge in [0.25, 0.3) is 0 Å². The molecule has 0 aliphatic carbocycles. The molecule has 1 heterocycles. The van der Waals surface area contributed by atoms with Crippen LogP contribution in [0.5, 0.6) is 0 Å². The van der Waals surface area contributed by atoms with Crippen LogP contribution in [-0.2, 0) is 14.3 Å². The predicted molar refractivity (Wildman–Crippen MR) is 134 cm³/mol. The molecule has 0 saturated carbocycles. The molecule has 3 aromatic rings. The minimum absolute atomic E-state index is 0. The summed E-state index contributed by atoms with van der Waals surface area (Å²) in [5, 5.41) is 0. The van der Waals surface area contributed by atoms with Gasteiger partial charge in [-0.3, -0.25) is 9.69 Å². The highest BCUT2D eigenvalue weighted by atomic mass is 35.5. The number of rotatable bonds is 9. The topological polar surface area (TPSA) is 38.8 Å². The quantitative estimate of drug-likeness (QED) is 0.362. The van der Waals surface area contributed by atoms with Gasteiger partial charge >= 0.3 is 5.97 Å². The summed E-state index contributed by atoms with van der Waals surface area (Å²) in [5.41, 5.74) is 2.59. The molecule has 0 amide bonds. The highest BCUT2D eigenvalue weighted by molar-refractivity contribution is 5.85. The second-order valence-corrected chi connectivity index (χ2v) is 8.33. The molecule has 0 aromatic heterocycles.